The summed E-state index contributed by atoms with van der Waals surface area (Å²) >= 11 is 0. The van der Waals surface area contributed by atoms with E-state index in [0.717, 1.165) is 12.8 Å². The summed E-state index contributed by atoms with van der Waals surface area (Å²) in [6.07, 6.45) is 3.16. The number of carbonyl (C=O) groups excluding carboxylic acids is 1. The number of aliphatic hydroxyl groups is 1. The molecule has 2 rings (SSSR count). The van der Waals surface area contributed by atoms with Gasteiger partial charge < -0.3 is 26.2 Å². The highest BCUT2D eigenvalue weighted by Crippen LogP contribution is 2.21. The fourth-order valence-corrected chi connectivity index (χ4v) is 1.79. The zero-order valence-electron chi connectivity index (χ0n) is 12.5. The summed E-state index contributed by atoms with van der Waals surface area (Å²) in [5, 5.41) is 14.3. The van der Waals surface area contributed by atoms with Gasteiger partial charge in [-0.3, -0.25) is 0 Å². The molecule has 0 aliphatic carbocycles. The van der Waals surface area contributed by atoms with Crippen molar-refractivity contribution in [1.82, 2.24) is 9.97 Å². The summed E-state index contributed by atoms with van der Waals surface area (Å²) in [7, 11) is 0. The van der Waals surface area contributed by atoms with Gasteiger partial charge in [-0.1, -0.05) is 0 Å². The molecule has 0 bridgehead atoms. The van der Waals surface area contributed by atoms with Crippen LogP contribution in [0.1, 0.15) is 12.8 Å². The lowest BCUT2D eigenvalue weighted by molar-refractivity contribution is 0.259. The smallest absolute Gasteiger partial charge is 0.316 e. The molecule has 0 saturated heterocycles. The van der Waals surface area contributed by atoms with Gasteiger partial charge in [0, 0.05) is 31.1 Å². The number of nitrogens with zero attached hydrogens (tertiary/aromatic N) is 2. The summed E-state index contributed by atoms with van der Waals surface area (Å²) in [6.45, 7) is 0.851. The van der Waals surface area contributed by atoms with Crippen molar-refractivity contribution in [3.8, 4) is 11.6 Å². The van der Waals surface area contributed by atoms with Crippen LogP contribution in [0.25, 0.3) is 0 Å². The number of hydrogen-bond donors (Lipinski definition) is 4. The van der Waals surface area contributed by atoms with Crippen molar-refractivity contribution in [2.75, 3.05) is 23.8 Å². The van der Waals surface area contributed by atoms with E-state index in [4.69, 9.17) is 15.6 Å². The minimum absolute atomic E-state index is 0.173. The van der Waals surface area contributed by atoms with Gasteiger partial charge in [-0.05, 0) is 37.1 Å². The predicted molar refractivity (Wildman–Crippen MR) is 86.6 cm³/mol. The molecule has 23 heavy (non-hydrogen) atoms. The van der Waals surface area contributed by atoms with Crippen molar-refractivity contribution < 1.29 is 14.6 Å². The third-order valence-electron chi connectivity index (χ3n) is 2.84. The van der Waals surface area contributed by atoms with E-state index in [0.29, 0.717) is 29.8 Å². The van der Waals surface area contributed by atoms with Crippen molar-refractivity contribution in [2.24, 2.45) is 5.73 Å². The molecule has 8 heteroatoms. The first-order valence-corrected chi connectivity index (χ1v) is 7.19. The Morgan fingerprint density at radius 3 is 2.70 bits per heavy atom. The number of urea groups is 1. The van der Waals surface area contributed by atoms with Crippen LogP contribution in [0.2, 0.25) is 0 Å². The number of amides is 2. The first-order valence-electron chi connectivity index (χ1n) is 7.19. The van der Waals surface area contributed by atoms with Gasteiger partial charge in [-0.2, -0.15) is 4.98 Å². The molecule has 5 N–H and O–H groups in total. The van der Waals surface area contributed by atoms with Crippen LogP contribution in [0.4, 0.5) is 16.4 Å². The summed E-state index contributed by atoms with van der Waals surface area (Å²) < 4.78 is 5.63. The number of nitrogens with one attached hydrogen (secondary N) is 2. The van der Waals surface area contributed by atoms with Crippen LogP contribution in [0.3, 0.4) is 0 Å². The highest BCUT2D eigenvalue weighted by molar-refractivity contribution is 5.87. The molecule has 8 nitrogen and oxygen atoms in total. The van der Waals surface area contributed by atoms with Crippen LogP contribution in [0, 0.1) is 0 Å². The van der Waals surface area contributed by atoms with Gasteiger partial charge in [0.25, 0.3) is 0 Å². The van der Waals surface area contributed by atoms with E-state index in [-0.39, 0.29) is 6.61 Å². The monoisotopic (exact) mass is 317 g/mol. The summed E-state index contributed by atoms with van der Waals surface area (Å²) in [4.78, 5) is 19.1. The van der Waals surface area contributed by atoms with Crippen molar-refractivity contribution >= 4 is 17.7 Å². The summed E-state index contributed by atoms with van der Waals surface area (Å²) in [6, 6.07) is 7.77. The number of unbranched alkanes of at least 4 members (excludes halogenated alkanes) is 1. The van der Waals surface area contributed by atoms with Gasteiger partial charge in [0.15, 0.2) is 0 Å². The van der Waals surface area contributed by atoms with Crippen LogP contribution in [0.5, 0.6) is 11.6 Å². The molecule has 1 aromatic carbocycles. The second-order valence-electron chi connectivity index (χ2n) is 4.69. The van der Waals surface area contributed by atoms with Crippen LogP contribution in [-0.2, 0) is 0 Å². The molecule has 0 radical (unpaired) electrons. The number of nitrogens with two attached hydrogens (primary N) is 1. The topological polar surface area (TPSA) is 122 Å². The number of rotatable bonds is 8. The molecule has 0 saturated carbocycles. The Balaban J connectivity index is 1.93. The maximum atomic E-state index is 10.8. The zero-order chi connectivity index (χ0) is 16.5. The highest BCUT2D eigenvalue weighted by atomic mass is 16.5. The second-order valence-corrected chi connectivity index (χ2v) is 4.69. The maximum Gasteiger partial charge on any atom is 0.316 e. The molecule has 1 heterocycles. The van der Waals surface area contributed by atoms with Crippen molar-refractivity contribution in [1.29, 1.82) is 0 Å². The van der Waals surface area contributed by atoms with Gasteiger partial charge in [0.1, 0.15) is 5.75 Å². The van der Waals surface area contributed by atoms with Gasteiger partial charge in [0.05, 0.1) is 0 Å². The van der Waals surface area contributed by atoms with Crippen LogP contribution >= 0.6 is 0 Å². The van der Waals surface area contributed by atoms with E-state index in [1.165, 1.54) is 0 Å². The lowest BCUT2D eigenvalue weighted by Crippen LogP contribution is -2.19. The van der Waals surface area contributed by atoms with Gasteiger partial charge in [-0.25, -0.2) is 9.78 Å². The summed E-state index contributed by atoms with van der Waals surface area (Å²) in [5.41, 5.74) is 5.62. The van der Waals surface area contributed by atoms with Gasteiger partial charge in [0.2, 0.25) is 11.8 Å². The van der Waals surface area contributed by atoms with Crippen molar-refractivity contribution in [2.45, 2.75) is 12.8 Å². The Labute approximate surface area is 133 Å². The number of anilines is 2. The number of carbonyl (C=O) groups is 1. The predicted octanol–water partition coefficient (Wildman–Crippen LogP) is 1.94. The number of ether oxygens (including phenoxy) is 1. The zero-order valence-corrected chi connectivity index (χ0v) is 12.5. The van der Waals surface area contributed by atoms with Gasteiger partial charge in [-0.15, -0.1) is 0 Å². The SMILES string of the molecule is NC(=O)Nc1ccc(Oc2ccnc(NCCCCO)n2)cc1. The van der Waals surface area contributed by atoms with Gasteiger partial charge >= 0.3 is 6.03 Å². The molecule has 0 unspecified atom stereocenters. The standard InChI is InChI=1S/C15H19N5O3/c16-14(22)19-11-3-5-12(6-4-11)23-13-7-9-18-15(20-13)17-8-1-2-10-21/h3-7,9,21H,1-2,8,10H2,(H3,16,19,22)(H,17,18,20). The third-order valence-corrected chi connectivity index (χ3v) is 2.84. The number of aromatic nitrogens is 2. The minimum Gasteiger partial charge on any atom is -0.439 e. The van der Waals surface area contributed by atoms with E-state index in [1.54, 1.807) is 36.5 Å². The van der Waals surface area contributed by atoms with E-state index >= 15 is 0 Å². The number of primary amides is 1. The largest absolute Gasteiger partial charge is 0.439 e. The molecule has 0 spiro atoms. The number of benzene rings is 1. The normalized spacial score (nSPS) is 10.1. The third kappa shape index (κ3) is 5.79. The minimum atomic E-state index is -0.619. The van der Waals surface area contributed by atoms with Crippen LogP contribution in [0.15, 0.2) is 36.5 Å². The quantitative estimate of drug-likeness (QED) is 0.552. The molecule has 0 fully saturated rings. The Kier molecular flexibility index (Phi) is 6.13. The average Bonchev–Trinajstić information content (AvgIpc) is 2.53. The fourth-order valence-electron chi connectivity index (χ4n) is 1.79. The molecule has 122 valence electrons. The van der Waals surface area contributed by atoms with Crippen LogP contribution < -0.4 is 21.1 Å². The average molecular weight is 317 g/mol. The highest BCUT2D eigenvalue weighted by Gasteiger charge is 2.03. The maximum absolute atomic E-state index is 10.8. The lowest BCUT2D eigenvalue weighted by atomic mass is 10.3. The first kappa shape index (κ1) is 16.5. The first-order chi connectivity index (χ1) is 11.2. The molecule has 0 aliphatic heterocycles. The van der Waals surface area contributed by atoms with E-state index in [2.05, 4.69) is 20.6 Å². The Morgan fingerprint density at radius 2 is 2.00 bits per heavy atom. The molecular formula is C15H19N5O3. The molecule has 2 amide bonds. The van der Waals surface area contributed by atoms with E-state index < -0.39 is 6.03 Å². The Bertz CT molecular complexity index is 633. The van der Waals surface area contributed by atoms with Crippen LogP contribution in [-0.4, -0.2) is 34.3 Å². The molecule has 1 aromatic heterocycles. The summed E-state index contributed by atoms with van der Waals surface area (Å²) in [5.74, 6) is 1.44. The van der Waals surface area contributed by atoms with E-state index in [1.807, 2.05) is 0 Å². The fraction of sp³-hybridized carbons (Fsp3) is 0.267. The Hall–Kier alpha value is -2.87. The molecule has 0 aliphatic rings. The number of aliphatic hydroxyl groups excluding tert-OH is 1. The van der Waals surface area contributed by atoms with Crippen molar-refractivity contribution in [3.63, 3.8) is 0 Å². The molecular weight excluding hydrogens is 298 g/mol. The van der Waals surface area contributed by atoms with E-state index in [9.17, 15) is 4.79 Å². The van der Waals surface area contributed by atoms with Crippen molar-refractivity contribution in [3.05, 3.63) is 36.5 Å². The number of hydrogen-bond acceptors (Lipinski definition) is 6. The molecule has 0 atom stereocenters. The lowest BCUT2D eigenvalue weighted by Gasteiger charge is -2.08. The Morgan fingerprint density at radius 1 is 1.22 bits per heavy atom. The molecule has 2 aromatic rings. The second kappa shape index (κ2) is 8.54.